The second-order valence-corrected chi connectivity index (χ2v) is 6.87. The molecule has 0 unspecified atom stereocenters. The van der Waals surface area contributed by atoms with E-state index in [1.165, 1.54) is 17.4 Å². The number of hydrogen-bond acceptors (Lipinski definition) is 2. The first kappa shape index (κ1) is 12.8. The van der Waals surface area contributed by atoms with Crippen molar-refractivity contribution in [2.24, 2.45) is 0 Å². The Morgan fingerprint density at radius 1 is 1.32 bits per heavy atom. The summed E-state index contributed by atoms with van der Waals surface area (Å²) in [4.78, 5) is 14.7. The number of para-hydroxylation sites is 1. The van der Waals surface area contributed by atoms with E-state index in [1.807, 2.05) is 12.1 Å². The molecular formula is C14H11BrFNOS. The Morgan fingerprint density at radius 3 is 2.89 bits per heavy atom. The quantitative estimate of drug-likeness (QED) is 0.760. The fraction of sp³-hybridized carbons (Fsp3) is 0.214. The van der Waals surface area contributed by atoms with Crippen molar-refractivity contribution < 1.29 is 9.18 Å². The molecular weight excluding hydrogens is 329 g/mol. The topological polar surface area (TPSA) is 20.3 Å². The molecule has 1 aromatic heterocycles. The van der Waals surface area contributed by atoms with Gasteiger partial charge in [0.2, 0.25) is 0 Å². The molecule has 2 nitrogen and oxygen atoms in total. The molecule has 0 fully saturated rings. The van der Waals surface area contributed by atoms with Crippen LogP contribution in [0.1, 0.15) is 21.7 Å². The number of thiophene rings is 1. The van der Waals surface area contributed by atoms with Crippen LogP contribution in [-0.4, -0.2) is 12.5 Å². The molecule has 19 heavy (non-hydrogen) atoms. The van der Waals surface area contributed by atoms with Gasteiger partial charge in [-0.1, -0.05) is 12.1 Å². The Hall–Kier alpha value is -1.20. The summed E-state index contributed by atoms with van der Waals surface area (Å²) in [6.07, 6.45) is 1.69. The van der Waals surface area contributed by atoms with Crippen molar-refractivity contribution in [3.8, 4) is 0 Å². The van der Waals surface area contributed by atoms with Gasteiger partial charge in [0.1, 0.15) is 5.82 Å². The molecule has 1 aliphatic rings. The highest BCUT2D eigenvalue weighted by atomic mass is 79.9. The second kappa shape index (κ2) is 5.06. The third-order valence-electron chi connectivity index (χ3n) is 3.20. The zero-order chi connectivity index (χ0) is 13.4. The predicted molar refractivity (Wildman–Crippen MR) is 78.4 cm³/mol. The molecule has 1 amide bonds. The number of nitrogens with zero attached hydrogens (tertiary/aromatic N) is 1. The lowest BCUT2D eigenvalue weighted by molar-refractivity contribution is 0.0988. The van der Waals surface area contributed by atoms with Crippen LogP contribution >= 0.6 is 27.3 Å². The van der Waals surface area contributed by atoms with Crippen molar-refractivity contribution in [1.82, 2.24) is 0 Å². The van der Waals surface area contributed by atoms with Gasteiger partial charge in [-0.15, -0.1) is 11.3 Å². The smallest absolute Gasteiger partial charge is 0.268 e. The van der Waals surface area contributed by atoms with Crippen LogP contribution in [0.4, 0.5) is 10.1 Å². The zero-order valence-electron chi connectivity index (χ0n) is 10.0. The van der Waals surface area contributed by atoms with E-state index < -0.39 is 0 Å². The van der Waals surface area contributed by atoms with Gasteiger partial charge in [-0.3, -0.25) is 4.79 Å². The van der Waals surface area contributed by atoms with Crippen molar-refractivity contribution in [3.63, 3.8) is 0 Å². The summed E-state index contributed by atoms with van der Waals surface area (Å²) in [5.74, 6) is -0.442. The van der Waals surface area contributed by atoms with E-state index in [2.05, 4.69) is 15.9 Å². The summed E-state index contributed by atoms with van der Waals surface area (Å²) in [5, 5.41) is 0. The van der Waals surface area contributed by atoms with Gasteiger partial charge in [-0.2, -0.15) is 0 Å². The fourth-order valence-corrected chi connectivity index (χ4v) is 3.70. The largest absolute Gasteiger partial charge is 0.305 e. The van der Waals surface area contributed by atoms with Crippen LogP contribution in [-0.2, 0) is 6.42 Å². The first-order valence-corrected chi connectivity index (χ1v) is 7.62. The lowest BCUT2D eigenvalue weighted by Gasteiger charge is -2.29. The average molecular weight is 340 g/mol. The molecule has 2 heterocycles. The van der Waals surface area contributed by atoms with Crippen molar-refractivity contribution in [1.29, 1.82) is 0 Å². The van der Waals surface area contributed by atoms with Crippen LogP contribution in [0.2, 0.25) is 0 Å². The summed E-state index contributed by atoms with van der Waals surface area (Å²) >= 11 is 4.72. The van der Waals surface area contributed by atoms with Gasteiger partial charge in [0.05, 0.1) is 14.4 Å². The molecule has 0 saturated heterocycles. The summed E-state index contributed by atoms with van der Waals surface area (Å²) in [6, 6.07) is 8.61. The fourth-order valence-electron chi connectivity index (χ4n) is 2.37. The summed E-state index contributed by atoms with van der Waals surface area (Å²) in [7, 11) is 0. The second-order valence-electron chi connectivity index (χ2n) is 4.41. The monoisotopic (exact) mass is 339 g/mol. The zero-order valence-corrected chi connectivity index (χ0v) is 12.4. The molecule has 1 aromatic carbocycles. The van der Waals surface area contributed by atoms with Gasteiger partial charge in [0.15, 0.2) is 0 Å². The van der Waals surface area contributed by atoms with Crippen molar-refractivity contribution in [2.45, 2.75) is 12.8 Å². The van der Waals surface area contributed by atoms with Crippen LogP contribution in [0, 0.1) is 5.82 Å². The number of carbonyl (C=O) groups is 1. The number of carbonyl (C=O) groups excluding carboxylic acids is 1. The summed E-state index contributed by atoms with van der Waals surface area (Å²) < 4.78 is 14.9. The van der Waals surface area contributed by atoms with Gasteiger partial charge in [0, 0.05) is 6.54 Å². The molecule has 0 atom stereocenters. The number of halogens is 2. The number of aryl methyl sites for hydroxylation is 1. The maximum absolute atomic E-state index is 14.0. The molecule has 0 bridgehead atoms. The number of fused-ring (bicyclic) bond motifs is 1. The first-order chi connectivity index (χ1) is 9.16. The molecule has 0 radical (unpaired) electrons. The van der Waals surface area contributed by atoms with E-state index in [1.54, 1.807) is 17.0 Å². The van der Waals surface area contributed by atoms with Gasteiger partial charge < -0.3 is 4.90 Å². The van der Waals surface area contributed by atoms with Crippen molar-refractivity contribution >= 4 is 38.9 Å². The number of amides is 1. The molecule has 98 valence electrons. The number of benzene rings is 1. The molecule has 0 N–H and O–H groups in total. The maximum atomic E-state index is 14.0. The number of hydrogen-bond donors (Lipinski definition) is 0. The highest BCUT2D eigenvalue weighted by Crippen LogP contribution is 2.32. The standard InChI is InChI=1S/C14H11BrFNOS/c15-12-7-6-11(19-12)14(18)17-8-2-4-9-3-1-5-10(16)13(9)17/h1,3,5-7H,2,4,8H2. The predicted octanol–water partition coefficient (Wildman–Crippen LogP) is 4.24. The molecule has 0 saturated carbocycles. The van der Waals surface area contributed by atoms with E-state index in [0.29, 0.717) is 17.1 Å². The minimum atomic E-state index is -0.318. The minimum absolute atomic E-state index is 0.123. The van der Waals surface area contributed by atoms with Crippen LogP contribution in [0.15, 0.2) is 34.1 Å². The highest BCUT2D eigenvalue weighted by Gasteiger charge is 2.27. The normalized spacial score (nSPS) is 14.3. The molecule has 0 spiro atoms. The molecule has 3 rings (SSSR count). The average Bonchev–Trinajstić information content (AvgIpc) is 2.84. The molecule has 0 aliphatic carbocycles. The van der Waals surface area contributed by atoms with E-state index >= 15 is 0 Å². The van der Waals surface area contributed by atoms with Crippen molar-refractivity contribution in [2.75, 3.05) is 11.4 Å². The lowest BCUT2D eigenvalue weighted by atomic mass is 10.0. The minimum Gasteiger partial charge on any atom is -0.305 e. The summed E-state index contributed by atoms with van der Waals surface area (Å²) in [6.45, 7) is 0.572. The van der Waals surface area contributed by atoms with Crippen LogP contribution < -0.4 is 4.90 Å². The van der Waals surface area contributed by atoms with Gasteiger partial charge in [-0.25, -0.2) is 4.39 Å². The lowest BCUT2D eigenvalue weighted by Crippen LogP contribution is -2.35. The SMILES string of the molecule is O=C(c1ccc(Br)s1)N1CCCc2cccc(F)c21. The Balaban J connectivity index is 2.02. The number of rotatable bonds is 1. The van der Waals surface area contributed by atoms with Crippen LogP contribution in [0.3, 0.4) is 0 Å². The van der Waals surface area contributed by atoms with Crippen molar-refractivity contribution in [3.05, 3.63) is 50.4 Å². The Labute approximate surface area is 123 Å². The Kier molecular flexibility index (Phi) is 3.41. The van der Waals surface area contributed by atoms with Gasteiger partial charge >= 0.3 is 0 Å². The van der Waals surface area contributed by atoms with Crippen LogP contribution in [0.25, 0.3) is 0 Å². The molecule has 1 aliphatic heterocycles. The van der Waals surface area contributed by atoms with Crippen LogP contribution in [0.5, 0.6) is 0 Å². The molecule has 5 heteroatoms. The third-order valence-corrected chi connectivity index (χ3v) is 4.81. The Morgan fingerprint density at radius 2 is 2.16 bits per heavy atom. The third kappa shape index (κ3) is 2.32. The maximum Gasteiger partial charge on any atom is 0.268 e. The van der Waals surface area contributed by atoms with Gasteiger partial charge in [-0.05, 0) is 52.5 Å². The van der Waals surface area contributed by atoms with E-state index in [4.69, 9.17) is 0 Å². The highest BCUT2D eigenvalue weighted by molar-refractivity contribution is 9.11. The van der Waals surface area contributed by atoms with Gasteiger partial charge in [0.25, 0.3) is 5.91 Å². The van der Waals surface area contributed by atoms with E-state index in [-0.39, 0.29) is 11.7 Å². The Bertz CT molecular complexity index is 640. The first-order valence-electron chi connectivity index (χ1n) is 6.01. The number of anilines is 1. The van der Waals surface area contributed by atoms with E-state index in [0.717, 1.165) is 22.2 Å². The van der Waals surface area contributed by atoms with E-state index in [9.17, 15) is 9.18 Å². The summed E-state index contributed by atoms with van der Waals surface area (Å²) in [5.41, 5.74) is 1.36. The molecule has 2 aromatic rings.